The standard InChI is InChI=1S/C24H41N4O6PS/c1-33-16-18-15-19(10-11-21(18)34-35(30,31)32)26-14-8-3-2-6-12-25-13-7-4-5-9-22-23-20(17-36-22)27-24(29)28-23/h10-11,15,20,22-23,25-26H,2-9,12-14,16-17H2,1H3,(H2,27,28,29)(H2,30,31,32). The summed E-state index contributed by atoms with van der Waals surface area (Å²) in [6.45, 7) is 3.15. The molecule has 0 bridgehead atoms. The van der Waals surface area contributed by atoms with Crippen molar-refractivity contribution in [3.05, 3.63) is 23.8 Å². The second kappa shape index (κ2) is 15.1. The molecule has 3 atom stereocenters. The third kappa shape index (κ3) is 10.1. The molecular weight excluding hydrogens is 503 g/mol. The molecule has 2 saturated heterocycles. The fourth-order valence-electron chi connectivity index (χ4n) is 4.68. The third-order valence-corrected chi connectivity index (χ3v) is 8.41. The lowest BCUT2D eigenvalue weighted by atomic mass is 10.0. The number of hydrogen-bond donors (Lipinski definition) is 6. The van der Waals surface area contributed by atoms with Crippen molar-refractivity contribution in [2.24, 2.45) is 0 Å². The number of phosphoric acid groups is 1. The van der Waals surface area contributed by atoms with Crippen LogP contribution in [-0.2, 0) is 15.9 Å². The van der Waals surface area contributed by atoms with Gasteiger partial charge < -0.3 is 30.5 Å². The minimum absolute atomic E-state index is 0.00396. The Morgan fingerprint density at radius 2 is 1.78 bits per heavy atom. The summed E-state index contributed by atoms with van der Waals surface area (Å²) >= 11 is 1.99. The zero-order chi connectivity index (χ0) is 25.8. The molecule has 0 aromatic heterocycles. The van der Waals surface area contributed by atoms with Gasteiger partial charge in [0.05, 0.1) is 18.7 Å². The summed E-state index contributed by atoms with van der Waals surface area (Å²) in [6, 6.07) is 5.74. The monoisotopic (exact) mass is 544 g/mol. The molecule has 0 saturated carbocycles. The minimum atomic E-state index is -4.61. The second-order valence-corrected chi connectivity index (χ2v) is 11.8. The van der Waals surface area contributed by atoms with Gasteiger partial charge in [0.2, 0.25) is 0 Å². The highest BCUT2D eigenvalue weighted by Crippen LogP contribution is 2.40. The molecular formula is C24H41N4O6PS. The fourth-order valence-corrected chi connectivity index (χ4v) is 6.65. The molecule has 2 fully saturated rings. The van der Waals surface area contributed by atoms with E-state index in [9.17, 15) is 9.36 Å². The summed E-state index contributed by atoms with van der Waals surface area (Å²) in [4.78, 5) is 29.5. The SMILES string of the molecule is COCc1cc(NCCCCCCNCCCCCC2SCC3NC(=O)NC32)ccc1OP(=O)(O)O. The Balaban J connectivity index is 1.15. The maximum absolute atomic E-state index is 11.4. The zero-order valence-corrected chi connectivity index (χ0v) is 22.8. The lowest BCUT2D eigenvalue weighted by Crippen LogP contribution is -2.36. The normalized spacial score (nSPS) is 21.2. The molecule has 36 heavy (non-hydrogen) atoms. The van der Waals surface area contributed by atoms with E-state index in [1.54, 1.807) is 18.2 Å². The number of hydrogen-bond acceptors (Lipinski definition) is 7. The Morgan fingerprint density at radius 1 is 1.06 bits per heavy atom. The van der Waals surface area contributed by atoms with Crippen molar-refractivity contribution in [2.75, 3.05) is 37.8 Å². The first-order chi connectivity index (χ1) is 17.4. The number of rotatable bonds is 18. The number of methoxy groups -OCH3 is 1. The molecule has 6 N–H and O–H groups in total. The summed E-state index contributed by atoms with van der Waals surface area (Å²) < 4.78 is 21.0. The van der Waals surface area contributed by atoms with E-state index in [4.69, 9.17) is 19.0 Å². The van der Waals surface area contributed by atoms with Crippen LogP contribution in [0.25, 0.3) is 0 Å². The Bertz CT molecular complexity index is 873. The van der Waals surface area contributed by atoms with E-state index < -0.39 is 7.82 Å². The van der Waals surface area contributed by atoms with Crippen molar-refractivity contribution in [3.63, 3.8) is 0 Å². The first-order valence-corrected chi connectivity index (χ1v) is 15.4. The molecule has 0 spiro atoms. The van der Waals surface area contributed by atoms with Gasteiger partial charge in [0.1, 0.15) is 5.75 Å². The molecule has 2 aliphatic heterocycles. The van der Waals surface area contributed by atoms with Crippen LogP contribution in [0.2, 0.25) is 0 Å². The molecule has 2 amide bonds. The predicted octanol–water partition coefficient (Wildman–Crippen LogP) is 3.59. The zero-order valence-electron chi connectivity index (χ0n) is 21.0. The van der Waals surface area contributed by atoms with E-state index in [0.29, 0.717) is 22.9 Å². The number of fused-ring (bicyclic) bond motifs is 1. The molecule has 2 aliphatic rings. The van der Waals surface area contributed by atoms with Crippen LogP contribution in [0, 0.1) is 0 Å². The van der Waals surface area contributed by atoms with E-state index in [1.165, 1.54) is 45.6 Å². The fraction of sp³-hybridized carbons (Fsp3) is 0.708. The molecule has 3 unspecified atom stereocenters. The number of phosphoric ester groups is 1. The smallest absolute Gasteiger partial charge is 0.404 e. The maximum Gasteiger partial charge on any atom is 0.524 e. The minimum Gasteiger partial charge on any atom is -0.404 e. The van der Waals surface area contributed by atoms with Crippen molar-refractivity contribution in [1.29, 1.82) is 0 Å². The Labute approximate surface area is 218 Å². The first kappa shape index (κ1) is 29.1. The highest BCUT2D eigenvalue weighted by Gasteiger charge is 2.42. The molecule has 0 aliphatic carbocycles. The van der Waals surface area contributed by atoms with Gasteiger partial charge in [-0.05, 0) is 57.0 Å². The van der Waals surface area contributed by atoms with Gasteiger partial charge >= 0.3 is 13.9 Å². The molecule has 1 aromatic rings. The number of amides is 2. The van der Waals surface area contributed by atoms with Crippen LogP contribution in [0.15, 0.2) is 18.2 Å². The lowest BCUT2D eigenvalue weighted by molar-refractivity contribution is 0.182. The highest BCUT2D eigenvalue weighted by molar-refractivity contribution is 8.00. The van der Waals surface area contributed by atoms with Gasteiger partial charge in [-0.3, -0.25) is 9.79 Å². The van der Waals surface area contributed by atoms with E-state index in [1.807, 2.05) is 11.8 Å². The van der Waals surface area contributed by atoms with E-state index in [2.05, 4.69) is 21.3 Å². The predicted molar refractivity (Wildman–Crippen MR) is 144 cm³/mol. The molecule has 2 heterocycles. The number of unbranched alkanes of at least 4 members (excludes halogenated alkanes) is 5. The Hall–Kier alpha value is -1.49. The average Bonchev–Trinajstić information content (AvgIpc) is 3.37. The first-order valence-electron chi connectivity index (χ1n) is 12.9. The quantitative estimate of drug-likeness (QED) is 0.0929. The Kier molecular flexibility index (Phi) is 12.2. The number of benzene rings is 1. The summed E-state index contributed by atoms with van der Waals surface area (Å²) in [5.41, 5.74) is 1.46. The average molecular weight is 545 g/mol. The van der Waals surface area contributed by atoms with Crippen LogP contribution in [-0.4, -0.2) is 65.6 Å². The number of urea groups is 1. The second-order valence-electron chi connectivity index (χ2n) is 9.40. The third-order valence-electron chi connectivity index (χ3n) is 6.47. The van der Waals surface area contributed by atoms with Crippen molar-refractivity contribution in [2.45, 2.75) is 75.3 Å². The molecule has 0 radical (unpaired) electrons. The van der Waals surface area contributed by atoms with E-state index in [0.717, 1.165) is 43.9 Å². The Morgan fingerprint density at radius 3 is 2.50 bits per heavy atom. The molecule has 1 aromatic carbocycles. The van der Waals surface area contributed by atoms with Gasteiger partial charge in [-0.25, -0.2) is 9.36 Å². The number of thioether (sulfide) groups is 1. The van der Waals surface area contributed by atoms with Crippen LogP contribution < -0.4 is 25.8 Å². The van der Waals surface area contributed by atoms with Gasteiger partial charge in [-0.1, -0.05) is 25.7 Å². The van der Waals surface area contributed by atoms with Crippen LogP contribution in [0.4, 0.5) is 10.5 Å². The van der Waals surface area contributed by atoms with Crippen LogP contribution in [0.3, 0.4) is 0 Å². The molecule has 204 valence electrons. The van der Waals surface area contributed by atoms with Gasteiger partial charge in [0, 0.05) is 35.9 Å². The lowest BCUT2D eigenvalue weighted by Gasteiger charge is -2.16. The van der Waals surface area contributed by atoms with Crippen molar-refractivity contribution in [3.8, 4) is 5.75 Å². The number of anilines is 1. The topological polar surface area (TPSA) is 141 Å². The molecule has 12 heteroatoms. The number of ether oxygens (including phenoxy) is 1. The van der Waals surface area contributed by atoms with Gasteiger partial charge in [0.25, 0.3) is 0 Å². The van der Waals surface area contributed by atoms with Gasteiger partial charge in [0.15, 0.2) is 0 Å². The summed E-state index contributed by atoms with van der Waals surface area (Å²) in [6.07, 6.45) is 9.37. The maximum atomic E-state index is 11.4. The summed E-state index contributed by atoms with van der Waals surface area (Å²) in [5, 5.41) is 13.5. The van der Waals surface area contributed by atoms with Crippen molar-refractivity contribution < 1.29 is 28.4 Å². The van der Waals surface area contributed by atoms with E-state index in [-0.39, 0.29) is 18.4 Å². The van der Waals surface area contributed by atoms with Crippen LogP contribution in [0.1, 0.15) is 56.9 Å². The van der Waals surface area contributed by atoms with Crippen molar-refractivity contribution >= 4 is 31.3 Å². The number of nitrogens with one attached hydrogen (secondary N) is 4. The van der Waals surface area contributed by atoms with Gasteiger partial charge in [-0.15, -0.1) is 0 Å². The molecule has 3 rings (SSSR count). The summed E-state index contributed by atoms with van der Waals surface area (Å²) in [7, 11) is -3.08. The van der Waals surface area contributed by atoms with E-state index >= 15 is 0 Å². The largest absolute Gasteiger partial charge is 0.524 e. The molecule has 10 nitrogen and oxygen atoms in total. The van der Waals surface area contributed by atoms with Gasteiger partial charge in [-0.2, -0.15) is 11.8 Å². The highest BCUT2D eigenvalue weighted by atomic mass is 32.2. The van der Waals surface area contributed by atoms with Crippen LogP contribution >= 0.6 is 19.6 Å². The summed E-state index contributed by atoms with van der Waals surface area (Å²) in [5.74, 6) is 1.16. The number of carbonyl (C=O) groups is 1. The van der Waals surface area contributed by atoms with Crippen LogP contribution in [0.5, 0.6) is 5.75 Å². The number of carbonyl (C=O) groups excluding carboxylic acids is 1. The van der Waals surface area contributed by atoms with Crippen molar-refractivity contribution in [1.82, 2.24) is 16.0 Å².